The highest BCUT2D eigenvalue weighted by Crippen LogP contribution is 2.35. The molecule has 1 N–H and O–H groups in total. The lowest BCUT2D eigenvalue weighted by atomic mass is 10.1. The Morgan fingerprint density at radius 1 is 1.41 bits per heavy atom. The molecular formula is C10H13ClF3N3. The van der Waals surface area contributed by atoms with E-state index in [1.54, 1.807) is 0 Å². The third kappa shape index (κ3) is 2.57. The number of alkyl halides is 4. The minimum Gasteiger partial charge on any atom is -0.317 e. The van der Waals surface area contributed by atoms with E-state index >= 15 is 0 Å². The van der Waals surface area contributed by atoms with Crippen LogP contribution in [-0.4, -0.2) is 22.9 Å². The highest BCUT2D eigenvalue weighted by Gasteiger charge is 2.39. The minimum absolute atomic E-state index is 0.0534. The normalized spacial score (nSPS) is 18.6. The van der Waals surface area contributed by atoms with Gasteiger partial charge < -0.3 is 5.32 Å². The number of nitrogens with zero attached hydrogens (tertiary/aromatic N) is 2. The molecule has 0 saturated carbocycles. The van der Waals surface area contributed by atoms with E-state index in [0.29, 0.717) is 12.8 Å². The molecule has 1 saturated heterocycles. The average molecular weight is 268 g/mol. The van der Waals surface area contributed by atoms with Crippen molar-refractivity contribution < 1.29 is 13.2 Å². The van der Waals surface area contributed by atoms with E-state index in [1.165, 1.54) is 6.20 Å². The molecule has 1 aromatic heterocycles. The summed E-state index contributed by atoms with van der Waals surface area (Å²) in [5.74, 6) is -0.167. The zero-order chi connectivity index (χ0) is 12.5. The van der Waals surface area contributed by atoms with Crippen molar-refractivity contribution in [1.82, 2.24) is 15.1 Å². The molecule has 1 aliphatic rings. The molecule has 0 bridgehead atoms. The van der Waals surface area contributed by atoms with Gasteiger partial charge in [0.1, 0.15) is 5.69 Å². The van der Waals surface area contributed by atoms with Crippen molar-refractivity contribution in [2.75, 3.05) is 13.1 Å². The molecule has 1 aliphatic heterocycles. The van der Waals surface area contributed by atoms with Gasteiger partial charge >= 0.3 is 6.18 Å². The summed E-state index contributed by atoms with van der Waals surface area (Å²) in [4.78, 5) is 0. The molecule has 0 aromatic carbocycles. The van der Waals surface area contributed by atoms with E-state index in [0.717, 1.165) is 17.8 Å². The molecule has 0 aliphatic carbocycles. The van der Waals surface area contributed by atoms with Crippen molar-refractivity contribution >= 4 is 11.6 Å². The first-order valence-corrected chi connectivity index (χ1v) is 5.97. The fourth-order valence-corrected chi connectivity index (χ4v) is 2.33. The number of hydrogen-bond donors (Lipinski definition) is 1. The number of halogens is 4. The van der Waals surface area contributed by atoms with Crippen LogP contribution >= 0.6 is 11.6 Å². The third-order valence-electron chi connectivity index (χ3n) is 2.94. The van der Waals surface area contributed by atoms with Gasteiger partial charge in [-0.3, -0.25) is 4.68 Å². The van der Waals surface area contributed by atoms with Crippen LogP contribution in [-0.2, 0) is 12.1 Å². The fraction of sp³-hybridized carbons (Fsp3) is 0.700. The van der Waals surface area contributed by atoms with Crippen LogP contribution in [0.25, 0.3) is 0 Å². The van der Waals surface area contributed by atoms with E-state index in [-0.39, 0.29) is 17.5 Å². The van der Waals surface area contributed by atoms with Gasteiger partial charge in [0.25, 0.3) is 0 Å². The Hall–Kier alpha value is -0.750. The first-order valence-electron chi connectivity index (χ1n) is 5.44. The first-order chi connectivity index (χ1) is 8.04. The number of rotatable bonds is 2. The van der Waals surface area contributed by atoms with Crippen LogP contribution in [0.15, 0.2) is 6.20 Å². The molecule has 7 heteroatoms. The average Bonchev–Trinajstić information content (AvgIpc) is 2.73. The topological polar surface area (TPSA) is 29.9 Å². The predicted molar refractivity (Wildman–Crippen MR) is 57.9 cm³/mol. The van der Waals surface area contributed by atoms with Gasteiger partial charge in [0.05, 0.1) is 18.1 Å². The van der Waals surface area contributed by atoms with Gasteiger partial charge in [0.15, 0.2) is 0 Å². The standard InChI is InChI=1S/C10H13ClF3N3/c11-5-7-6-16-17(9(7)10(12,13)14)8-1-3-15-4-2-8/h6,8,15H,1-5H2. The van der Waals surface area contributed by atoms with Crippen molar-refractivity contribution in [2.45, 2.75) is 30.9 Å². The molecular weight excluding hydrogens is 255 g/mol. The van der Waals surface area contributed by atoms with Crippen LogP contribution in [0.4, 0.5) is 13.2 Å². The van der Waals surface area contributed by atoms with Crippen LogP contribution in [0.5, 0.6) is 0 Å². The maximum absolute atomic E-state index is 12.9. The quantitative estimate of drug-likeness (QED) is 0.835. The van der Waals surface area contributed by atoms with E-state index < -0.39 is 11.9 Å². The van der Waals surface area contributed by atoms with Gasteiger partial charge in [-0.25, -0.2) is 0 Å². The summed E-state index contributed by atoms with van der Waals surface area (Å²) in [7, 11) is 0. The van der Waals surface area contributed by atoms with E-state index in [4.69, 9.17) is 11.6 Å². The van der Waals surface area contributed by atoms with Gasteiger partial charge in [0.2, 0.25) is 0 Å². The Labute approximate surface area is 102 Å². The van der Waals surface area contributed by atoms with Gasteiger partial charge in [-0.2, -0.15) is 18.3 Å². The minimum atomic E-state index is -4.40. The summed E-state index contributed by atoms with van der Waals surface area (Å²) in [6.45, 7) is 1.44. The van der Waals surface area contributed by atoms with Crippen LogP contribution in [0.2, 0.25) is 0 Å². The molecule has 17 heavy (non-hydrogen) atoms. The highest BCUT2D eigenvalue weighted by molar-refractivity contribution is 6.17. The maximum atomic E-state index is 12.9. The molecule has 96 valence electrons. The lowest BCUT2D eigenvalue weighted by Gasteiger charge is -2.25. The van der Waals surface area contributed by atoms with E-state index in [2.05, 4.69) is 10.4 Å². The Morgan fingerprint density at radius 3 is 2.59 bits per heavy atom. The summed E-state index contributed by atoms with van der Waals surface area (Å²) in [5.41, 5.74) is -0.642. The van der Waals surface area contributed by atoms with Crippen LogP contribution < -0.4 is 5.32 Å². The van der Waals surface area contributed by atoms with Crippen LogP contribution in [0.1, 0.15) is 30.1 Å². The number of piperidine rings is 1. The lowest BCUT2D eigenvalue weighted by Crippen LogP contribution is -2.31. The number of nitrogens with one attached hydrogen (secondary N) is 1. The van der Waals surface area contributed by atoms with E-state index in [9.17, 15) is 13.2 Å². The van der Waals surface area contributed by atoms with Crippen LogP contribution in [0, 0.1) is 0 Å². The second-order valence-corrected chi connectivity index (χ2v) is 4.34. The summed E-state index contributed by atoms with van der Waals surface area (Å²) < 4.78 is 39.9. The Kier molecular flexibility index (Phi) is 3.63. The van der Waals surface area contributed by atoms with Crippen molar-refractivity contribution in [1.29, 1.82) is 0 Å². The molecule has 2 heterocycles. The third-order valence-corrected chi connectivity index (χ3v) is 3.23. The molecule has 2 rings (SSSR count). The van der Waals surface area contributed by atoms with Crippen molar-refractivity contribution in [3.05, 3.63) is 17.5 Å². The van der Waals surface area contributed by atoms with Crippen molar-refractivity contribution in [3.8, 4) is 0 Å². The molecule has 1 aromatic rings. The molecule has 3 nitrogen and oxygen atoms in total. The molecule has 0 unspecified atom stereocenters. The van der Waals surface area contributed by atoms with E-state index in [1.807, 2.05) is 0 Å². The lowest BCUT2D eigenvalue weighted by molar-refractivity contribution is -0.145. The maximum Gasteiger partial charge on any atom is 0.433 e. The Bertz CT molecular complexity index is 383. The van der Waals surface area contributed by atoms with Gasteiger partial charge in [0, 0.05) is 5.56 Å². The zero-order valence-corrected chi connectivity index (χ0v) is 9.85. The second-order valence-electron chi connectivity index (χ2n) is 4.08. The second kappa shape index (κ2) is 4.86. The first kappa shape index (κ1) is 12.7. The zero-order valence-electron chi connectivity index (χ0n) is 9.10. The van der Waals surface area contributed by atoms with Crippen LogP contribution in [0.3, 0.4) is 0 Å². The molecule has 0 amide bonds. The smallest absolute Gasteiger partial charge is 0.317 e. The van der Waals surface area contributed by atoms with Gasteiger partial charge in [-0.15, -0.1) is 11.6 Å². The predicted octanol–water partition coefficient (Wildman–Crippen LogP) is 2.57. The summed E-state index contributed by atoms with van der Waals surface area (Å²) in [6, 6.07) is -0.190. The highest BCUT2D eigenvalue weighted by atomic mass is 35.5. The largest absolute Gasteiger partial charge is 0.433 e. The Morgan fingerprint density at radius 2 is 2.06 bits per heavy atom. The number of aromatic nitrogens is 2. The summed E-state index contributed by atoms with van der Waals surface area (Å²) >= 11 is 5.52. The molecule has 0 atom stereocenters. The SMILES string of the molecule is FC(F)(F)c1c(CCl)cnn1C1CCNCC1. The molecule has 1 fully saturated rings. The van der Waals surface area contributed by atoms with Gasteiger partial charge in [-0.1, -0.05) is 0 Å². The fourth-order valence-electron chi connectivity index (χ4n) is 2.14. The summed E-state index contributed by atoms with van der Waals surface area (Å²) in [5, 5.41) is 6.98. The molecule has 0 radical (unpaired) electrons. The summed E-state index contributed by atoms with van der Waals surface area (Å²) in [6.07, 6.45) is -1.86. The van der Waals surface area contributed by atoms with Crippen molar-refractivity contribution in [3.63, 3.8) is 0 Å². The van der Waals surface area contributed by atoms with Crippen molar-refractivity contribution in [2.24, 2.45) is 0 Å². The number of hydrogen-bond acceptors (Lipinski definition) is 2. The monoisotopic (exact) mass is 267 g/mol. The van der Waals surface area contributed by atoms with Gasteiger partial charge in [-0.05, 0) is 25.9 Å². The Balaban J connectivity index is 2.36. The molecule has 0 spiro atoms.